The van der Waals surface area contributed by atoms with E-state index >= 15 is 0 Å². The fraction of sp³-hybridized carbons (Fsp3) is 0.0625. The molecule has 5 heteroatoms. The van der Waals surface area contributed by atoms with Crippen molar-refractivity contribution < 1.29 is 4.79 Å². The molecule has 0 bridgehead atoms. The summed E-state index contributed by atoms with van der Waals surface area (Å²) in [6.07, 6.45) is 5.23. The third kappa shape index (κ3) is 3.38. The number of carbonyl (C=O) groups is 1. The van der Waals surface area contributed by atoms with Crippen molar-refractivity contribution in [2.45, 2.75) is 6.92 Å². The van der Waals surface area contributed by atoms with Crippen LogP contribution < -0.4 is 5.32 Å². The number of nitrogens with one attached hydrogen (secondary N) is 1. The highest BCUT2D eigenvalue weighted by atomic mass is 32.2. The van der Waals surface area contributed by atoms with E-state index in [0.29, 0.717) is 10.1 Å². The van der Waals surface area contributed by atoms with Gasteiger partial charge >= 0.3 is 0 Å². The van der Waals surface area contributed by atoms with E-state index in [2.05, 4.69) is 15.3 Å². The fourth-order valence-corrected chi connectivity index (χ4v) is 2.67. The third-order valence-electron chi connectivity index (χ3n) is 2.92. The van der Waals surface area contributed by atoms with E-state index in [-0.39, 0.29) is 5.91 Å². The summed E-state index contributed by atoms with van der Waals surface area (Å²) in [5.41, 5.74) is 2.95. The lowest BCUT2D eigenvalue weighted by atomic mass is 10.2. The Kier molecular flexibility index (Phi) is 3.83. The van der Waals surface area contributed by atoms with Crippen LogP contribution in [-0.4, -0.2) is 16.1 Å². The van der Waals surface area contributed by atoms with Crippen molar-refractivity contribution in [1.29, 1.82) is 0 Å². The van der Waals surface area contributed by atoms with Crippen LogP contribution in [-0.2, 0) is 4.79 Å². The number of pyridine rings is 1. The number of carbonyl (C=O) groups excluding carboxylic acids is 1. The number of hydrogen-bond acceptors (Lipinski definition) is 4. The van der Waals surface area contributed by atoms with Gasteiger partial charge in [-0.3, -0.25) is 9.78 Å². The number of aromatic nitrogens is 1. The van der Waals surface area contributed by atoms with Crippen LogP contribution in [0.15, 0.2) is 58.7 Å². The van der Waals surface area contributed by atoms with E-state index in [1.54, 1.807) is 12.4 Å². The molecule has 21 heavy (non-hydrogen) atoms. The molecule has 2 heterocycles. The summed E-state index contributed by atoms with van der Waals surface area (Å²) >= 11 is 1.34. The van der Waals surface area contributed by atoms with Crippen molar-refractivity contribution >= 4 is 34.6 Å². The molecule has 0 saturated carbocycles. The Morgan fingerprint density at radius 2 is 1.86 bits per heavy atom. The number of amidine groups is 1. The van der Waals surface area contributed by atoms with E-state index in [9.17, 15) is 4.79 Å². The number of rotatable bonds is 2. The molecule has 0 radical (unpaired) electrons. The van der Waals surface area contributed by atoms with Gasteiger partial charge in [-0.15, -0.1) is 0 Å². The van der Waals surface area contributed by atoms with Crippen LogP contribution in [0.2, 0.25) is 0 Å². The van der Waals surface area contributed by atoms with Gasteiger partial charge in [-0.05, 0) is 54.6 Å². The standard InChI is InChI=1S/C16H13N3OS/c1-11-2-4-13(5-3-11)18-16-19-15(20)14(21-16)10-12-6-8-17-9-7-12/h2-10H,1H3,(H,18,19,20). The van der Waals surface area contributed by atoms with Crippen LogP contribution in [0.1, 0.15) is 11.1 Å². The Morgan fingerprint density at radius 1 is 1.14 bits per heavy atom. The molecule has 104 valence electrons. The predicted molar refractivity (Wildman–Crippen MR) is 86.2 cm³/mol. The highest BCUT2D eigenvalue weighted by Crippen LogP contribution is 2.27. The molecule has 0 spiro atoms. The first kappa shape index (κ1) is 13.6. The van der Waals surface area contributed by atoms with Gasteiger partial charge in [-0.1, -0.05) is 17.7 Å². The molecule has 1 amide bonds. The van der Waals surface area contributed by atoms with Crippen LogP contribution in [0.25, 0.3) is 6.08 Å². The molecule has 1 fully saturated rings. The SMILES string of the molecule is Cc1ccc(N=C2NC(=O)C(=Cc3ccncc3)S2)cc1. The summed E-state index contributed by atoms with van der Waals surface area (Å²) < 4.78 is 0. The molecular formula is C16H13N3OS. The average molecular weight is 295 g/mol. The molecule has 0 unspecified atom stereocenters. The molecule has 1 saturated heterocycles. The summed E-state index contributed by atoms with van der Waals surface area (Å²) in [6.45, 7) is 2.03. The monoisotopic (exact) mass is 295 g/mol. The number of benzene rings is 1. The number of aryl methyl sites for hydroxylation is 1. The zero-order valence-electron chi connectivity index (χ0n) is 11.4. The quantitative estimate of drug-likeness (QED) is 0.865. The highest BCUT2D eigenvalue weighted by Gasteiger charge is 2.23. The lowest BCUT2D eigenvalue weighted by Gasteiger charge is -1.96. The zero-order chi connectivity index (χ0) is 14.7. The second-order valence-electron chi connectivity index (χ2n) is 4.60. The molecule has 1 N–H and O–H groups in total. The van der Waals surface area contributed by atoms with Gasteiger partial charge in [0.2, 0.25) is 0 Å². The maximum atomic E-state index is 11.9. The van der Waals surface area contributed by atoms with Crippen LogP contribution in [0.3, 0.4) is 0 Å². The van der Waals surface area contributed by atoms with Gasteiger partial charge in [0.25, 0.3) is 5.91 Å². The predicted octanol–water partition coefficient (Wildman–Crippen LogP) is 3.28. The minimum Gasteiger partial charge on any atom is -0.300 e. The van der Waals surface area contributed by atoms with E-state index in [1.165, 1.54) is 17.3 Å². The molecule has 4 nitrogen and oxygen atoms in total. The molecular weight excluding hydrogens is 282 g/mol. The minimum absolute atomic E-state index is 0.123. The molecule has 1 aromatic carbocycles. The van der Waals surface area contributed by atoms with Gasteiger partial charge in [-0.25, -0.2) is 4.99 Å². The Balaban J connectivity index is 1.81. The van der Waals surface area contributed by atoms with Gasteiger partial charge in [0, 0.05) is 12.4 Å². The van der Waals surface area contributed by atoms with Crippen molar-refractivity contribution in [3.63, 3.8) is 0 Å². The second kappa shape index (κ2) is 5.93. The van der Waals surface area contributed by atoms with Crippen LogP contribution in [0.4, 0.5) is 5.69 Å². The van der Waals surface area contributed by atoms with Crippen molar-refractivity contribution in [3.05, 3.63) is 64.8 Å². The van der Waals surface area contributed by atoms with Gasteiger partial charge in [0.05, 0.1) is 10.6 Å². The van der Waals surface area contributed by atoms with Crippen LogP contribution >= 0.6 is 11.8 Å². The maximum Gasteiger partial charge on any atom is 0.264 e. The lowest BCUT2D eigenvalue weighted by molar-refractivity contribution is -0.115. The Bertz CT molecular complexity index is 721. The maximum absolute atomic E-state index is 11.9. The Morgan fingerprint density at radius 3 is 2.57 bits per heavy atom. The average Bonchev–Trinajstić information content (AvgIpc) is 2.82. The van der Waals surface area contributed by atoms with Gasteiger partial charge in [-0.2, -0.15) is 0 Å². The zero-order valence-corrected chi connectivity index (χ0v) is 12.2. The van der Waals surface area contributed by atoms with Crippen molar-refractivity contribution in [2.24, 2.45) is 4.99 Å². The van der Waals surface area contributed by atoms with Gasteiger partial charge in [0.15, 0.2) is 5.17 Å². The Labute approximate surface area is 127 Å². The molecule has 2 aromatic rings. The molecule has 0 aliphatic carbocycles. The summed E-state index contributed by atoms with van der Waals surface area (Å²) in [5.74, 6) is -0.123. The normalized spacial score (nSPS) is 18.2. The van der Waals surface area contributed by atoms with Crippen molar-refractivity contribution in [2.75, 3.05) is 0 Å². The van der Waals surface area contributed by atoms with E-state index < -0.39 is 0 Å². The molecule has 1 aromatic heterocycles. The van der Waals surface area contributed by atoms with Crippen LogP contribution in [0.5, 0.6) is 0 Å². The molecule has 1 aliphatic heterocycles. The van der Waals surface area contributed by atoms with Crippen molar-refractivity contribution in [3.8, 4) is 0 Å². The number of nitrogens with zero attached hydrogens (tertiary/aromatic N) is 2. The Hall–Kier alpha value is -2.40. The number of thioether (sulfide) groups is 1. The number of amides is 1. The largest absolute Gasteiger partial charge is 0.300 e. The first-order valence-corrected chi connectivity index (χ1v) is 7.29. The van der Waals surface area contributed by atoms with E-state index in [4.69, 9.17) is 0 Å². The molecule has 0 atom stereocenters. The summed E-state index contributed by atoms with van der Waals surface area (Å²) in [5, 5.41) is 3.38. The second-order valence-corrected chi connectivity index (χ2v) is 5.63. The number of hydrogen-bond donors (Lipinski definition) is 1. The molecule has 3 rings (SSSR count). The van der Waals surface area contributed by atoms with Gasteiger partial charge in [0.1, 0.15) is 0 Å². The fourth-order valence-electron chi connectivity index (χ4n) is 1.83. The third-order valence-corrected chi connectivity index (χ3v) is 3.83. The van der Waals surface area contributed by atoms with Crippen LogP contribution in [0, 0.1) is 6.92 Å². The summed E-state index contributed by atoms with van der Waals surface area (Å²) in [7, 11) is 0. The van der Waals surface area contributed by atoms with E-state index in [1.807, 2.05) is 49.4 Å². The smallest absolute Gasteiger partial charge is 0.264 e. The summed E-state index contributed by atoms with van der Waals surface area (Å²) in [4.78, 5) is 21.0. The summed E-state index contributed by atoms with van der Waals surface area (Å²) in [6, 6.07) is 11.6. The molecule has 1 aliphatic rings. The highest BCUT2D eigenvalue weighted by molar-refractivity contribution is 8.18. The number of aliphatic imine (C=N–C) groups is 1. The lowest BCUT2D eigenvalue weighted by Crippen LogP contribution is -2.19. The van der Waals surface area contributed by atoms with Gasteiger partial charge < -0.3 is 5.32 Å². The first-order chi connectivity index (χ1) is 10.2. The van der Waals surface area contributed by atoms with Crippen molar-refractivity contribution in [1.82, 2.24) is 10.3 Å². The first-order valence-electron chi connectivity index (χ1n) is 6.47. The minimum atomic E-state index is -0.123. The van der Waals surface area contributed by atoms with E-state index in [0.717, 1.165) is 11.3 Å². The topological polar surface area (TPSA) is 54.4 Å².